The lowest BCUT2D eigenvalue weighted by Gasteiger charge is -2.15. The molecule has 0 spiro atoms. The SMILES string of the molecule is CN1CC(CC(=O)O)C2COCC21. The van der Waals surface area contributed by atoms with E-state index in [9.17, 15) is 4.79 Å². The Bertz CT molecular complexity index is 219. The quantitative estimate of drug-likeness (QED) is 0.659. The first-order chi connectivity index (χ1) is 6.18. The molecule has 2 fully saturated rings. The third-order valence-corrected chi connectivity index (χ3v) is 3.22. The van der Waals surface area contributed by atoms with Gasteiger partial charge in [-0.25, -0.2) is 0 Å². The van der Waals surface area contributed by atoms with Gasteiger partial charge in [-0.1, -0.05) is 0 Å². The minimum Gasteiger partial charge on any atom is -0.481 e. The first kappa shape index (κ1) is 8.97. The number of nitrogens with zero attached hydrogens (tertiary/aromatic N) is 1. The second-order valence-electron chi connectivity index (χ2n) is 4.07. The molecule has 0 aromatic heterocycles. The van der Waals surface area contributed by atoms with Crippen molar-refractivity contribution in [2.24, 2.45) is 11.8 Å². The zero-order valence-corrected chi connectivity index (χ0v) is 7.77. The summed E-state index contributed by atoms with van der Waals surface area (Å²) in [6.07, 6.45) is 0.287. The molecule has 0 aromatic carbocycles. The van der Waals surface area contributed by atoms with E-state index in [4.69, 9.17) is 9.84 Å². The van der Waals surface area contributed by atoms with Crippen LogP contribution in [0.5, 0.6) is 0 Å². The molecule has 2 heterocycles. The molecule has 0 bridgehead atoms. The molecule has 74 valence electrons. The first-order valence-electron chi connectivity index (χ1n) is 4.68. The normalized spacial score (nSPS) is 39.3. The Kier molecular flexibility index (Phi) is 2.26. The number of ether oxygens (including phenoxy) is 1. The summed E-state index contributed by atoms with van der Waals surface area (Å²) in [6, 6.07) is 0.462. The summed E-state index contributed by atoms with van der Waals surface area (Å²) in [5, 5.41) is 8.72. The monoisotopic (exact) mass is 185 g/mol. The zero-order valence-electron chi connectivity index (χ0n) is 7.77. The Hall–Kier alpha value is -0.610. The molecule has 0 amide bonds. The standard InChI is InChI=1S/C9H15NO3/c1-10-3-6(2-9(11)12)7-4-13-5-8(7)10/h6-8H,2-5H2,1H3,(H,11,12). The number of hydrogen-bond donors (Lipinski definition) is 1. The summed E-state index contributed by atoms with van der Waals surface area (Å²) >= 11 is 0. The second-order valence-corrected chi connectivity index (χ2v) is 4.07. The molecule has 2 saturated heterocycles. The van der Waals surface area contributed by atoms with Gasteiger partial charge in [-0.05, 0) is 13.0 Å². The zero-order chi connectivity index (χ0) is 9.42. The van der Waals surface area contributed by atoms with Gasteiger partial charge in [0.1, 0.15) is 0 Å². The average Bonchev–Trinajstić information content (AvgIpc) is 2.56. The molecular weight excluding hydrogens is 170 g/mol. The van der Waals surface area contributed by atoms with E-state index in [1.165, 1.54) is 0 Å². The average molecular weight is 185 g/mol. The fraction of sp³-hybridized carbons (Fsp3) is 0.889. The third-order valence-electron chi connectivity index (χ3n) is 3.22. The van der Waals surface area contributed by atoms with Crippen LogP contribution in [-0.2, 0) is 9.53 Å². The van der Waals surface area contributed by atoms with Crippen molar-refractivity contribution >= 4 is 5.97 Å². The molecule has 4 heteroatoms. The summed E-state index contributed by atoms with van der Waals surface area (Å²) in [5.74, 6) is 0.0436. The lowest BCUT2D eigenvalue weighted by Crippen LogP contribution is -2.28. The minimum atomic E-state index is -0.689. The van der Waals surface area contributed by atoms with Crippen molar-refractivity contribution in [3.63, 3.8) is 0 Å². The molecule has 4 nitrogen and oxygen atoms in total. The van der Waals surface area contributed by atoms with Crippen LogP contribution in [0, 0.1) is 11.8 Å². The Morgan fingerprint density at radius 1 is 1.62 bits per heavy atom. The van der Waals surface area contributed by atoms with Gasteiger partial charge in [0.05, 0.1) is 13.2 Å². The topological polar surface area (TPSA) is 49.8 Å². The van der Waals surface area contributed by atoms with Gasteiger partial charge in [0.15, 0.2) is 0 Å². The van der Waals surface area contributed by atoms with E-state index in [0.29, 0.717) is 12.0 Å². The highest BCUT2D eigenvalue weighted by atomic mass is 16.5. The number of carbonyl (C=O) groups is 1. The number of likely N-dealkylation sites (N-methyl/N-ethyl adjacent to an activating group) is 1. The summed E-state index contributed by atoms with van der Waals surface area (Å²) in [7, 11) is 2.05. The summed E-state index contributed by atoms with van der Waals surface area (Å²) in [4.78, 5) is 12.8. The molecular formula is C9H15NO3. The molecule has 3 atom stereocenters. The highest BCUT2D eigenvalue weighted by molar-refractivity contribution is 5.67. The maximum Gasteiger partial charge on any atom is 0.303 e. The van der Waals surface area contributed by atoms with Crippen LogP contribution in [0.1, 0.15) is 6.42 Å². The van der Waals surface area contributed by atoms with Crippen LogP contribution in [0.3, 0.4) is 0 Å². The number of aliphatic carboxylic acids is 1. The summed E-state index contributed by atoms with van der Waals surface area (Å²) in [6.45, 7) is 2.43. The third kappa shape index (κ3) is 1.56. The van der Waals surface area contributed by atoms with E-state index < -0.39 is 5.97 Å². The summed E-state index contributed by atoms with van der Waals surface area (Å²) in [5.41, 5.74) is 0. The van der Waals surface area contributed by atoms with Crippen LogP contribution in [0.25, 0.3) is 0 Å². The predicted octanol–water partition coefficient (Wildman–Crippen LogP) is 0.0377. The number of rotatable bonds is 2. The van der Waals surface area contributed by atoms with Gasteiger partial charge in [-0.2, -0.15) is 0 Å². The molecule has 3 unspecified atom stereocenters. The molecule has 0 saturated carbocycles. The molecule has 2 rings (SSSR count). The molecule has 13 heavy (non-hydrogen) atoms. The number of hydrogen-bond acceptors (Lipinski definition) is 3. The number of carboxylic acid groups (broad SMARTS) is 1. The predicted molar refractivity (Wildman–Crippen MR) is 46.5 cm³/mol. The van der Waals surface area contributed by atoms with Gasteiger partial charge in [0, 0.05) is 24.9 Å². The van der Waals surface area contributed by atoms with Gasteiger partial charge in [0.2, 0.25) is 0 Å². The van der Waals surface area contributed by atoms with E-state index in [0.717, 1.165) is 19.8 Å². The van der Waals surface area contributed by atoms with E-state index in [1.54, 1.807) is 0 Å². The van der Waals surface area contributed by atoms with Crippen molar-refractivity contribution < 1.29 is 14.6 Å². The van der Waals surface area contributed by atoms with Crippen molar-refractivity contribution in [3.05, 3.63) is 0 Å². The number of fused-ring (bicyclic) bond motifs is 1. The van der Waals surface area contributed by atoms with Crippen molar-refractivity contribution in [1.29, 1.82) is 0 Å². The van der Waals surface area contributed by atoms with Crippen molar-refractivity contribution in [2.75, 3.05) is 26.8 Å². The fourth-order valence-electron chi connectivity index (χ4n) is 2.54. The van der Waals surface area contributed by atoms with Crippen LogP contribution < -0.4 is 0 Å². The minimum absolute atomic E-state index is 0.287. The van der Waals surface area contributed by atoms with Crippen LogP contribution in [0.2, 0.25) is 0 Å². The molecule has 2 aliphatic heterocycles. The summed E-state index contributed by atoms with van der Waals surface area (Å²) < 4.78 is 5.36. The largest absolute Gasteiger partial charge is 0.481 e. The molecule has 0 aliphatic carbocycles. The van der Waals surface area contributed by atoms with E-state index >= 15 is 0 Å². The van der Waals surface area contributed by atoms with E-state index in [-0.39, 0.29) is 12.3 Å². The molecule has 0 radical (unpaired) electrons. The van der Waals surface area contributed by atoms with Crippen LogP contribution in [0.15, 0.2) is 0 Å². The van der Waals surface area contributed by atoms with Gasteiger partial charge in [-0.15, -0.1) is 0 Å². The number of carboxylic acids is 1. The lowest BCUT2D eigenvalue weighted by atomic mass is 9.91. The highest BCUT2D eigenvalue weighted by Crippen LogP contribution is 2.35. The van der Waals surface area contributed by atoms with E-state index in [1.807, 2.05) is 7.05 Å². The molecule has 0 aromatic rings. The Morgan fingerprint density at radius 2 is 2.38 bits per heavy atom. The maximum atomic E-state index is 10.6. The molecule has 1 N–H and O–H groups in total. The second kappa shape index (κ2) is 3.27. The van der Waals surface area contributed by atoms with Crippen LogP contribution in [0.4, 0.5) is 0 Å². The maximum absolute atomic E-state index is 10.6. The van der Waals surface area contributed by atoms with Gasteiger partial charge in [-0.3, -0.25) is 4.79 Å². The van der Waals surface area contributed by atoms with Crippen molar-refractivity contribution in [1.82, 2.24) is 4.90 Å². The Labute approximate surface area is 77.5 Å². The number of likely N-dealkylation sites (tertiary alicyclic amines) is 1. The van der Waals surface area contributed by atoms with Crippen molar-refractivity contribution in [2.45, 2.75) is 12.5 Å². The first-order valence-corrected chi connectivity index (χ1v) is 4.68. The van der Waals surface area contributed by atoms with Gasteiger partial charge < -0.3 is 14.7 Å². The van der Waals surface area contributed by atoms with Gasteiger partial charge >= 0.3 is 5.97 Å². The fourth-order valence-corrected chi connectivity index (χ4v) is 2.54. The lowest BCUT2D eigenvalue weighted by molar-refractivity contribution is -0.138. The molecule has 2 aliphatic rings. The Morgan fingerprint density at radius 3 is 3.08 bits per heavy atom. The van der Waals surface area contributed by atoms with Gasteiger partial charge in [0.25, 0.3) is 0 Å². The highest BCUT2D eigenvalue weighted by Gasteiger charge is 2.44. The smallest absolute Gasteiger partial charge is 0.303 e. The van der Waals surface area contributed by atoms with Crippen LogP contribution in [-0.4, -0.2) is 48.8 Å². The van der Waals surface area contributed by atoms with Crippen molar-refractivity contribution in [3.8, 4) is 0 Å². The van der Waals surface area contributed by atoms with Crippen LogP contribution >= 0.6 is 0 Å². The Balaban J connectivity index is 2.02. The van der Waals surface area contributed by atoms with E-state index in [2.05, 4.69) is 4.90 Å².